The Kier molecular flexibility index (Phi) is 2.32. The van der Waals surface area contributed by atoms with Crippen LogP contribution in [0.5, 0.6) is 0 Å². The highest BCUT2D eigenvalue weighted by Crippen LogP contribution is 2.22. The highest BCUT2D eigenvalue weighted by Gasteiger charge is 2.07. The van der Waals surface area contributed by atoms with Gasteiger partial charge in [0.15, 0.2) is 0 Å². The number of urea groups is 1. The summed E-state index contributed by atoms with van der Waals surface area (Å²) < 4.78 is 39.3. The Labute approximate surface area is 130 Å². The number of carbonyl (C=O) groups excluding carboxylic acids is 1. The van der Waals surface area contributed by atoms with Crippen LogP contribution in [-0.4, -0.2) is 11.0 Å². The van der Waals surface area contributed by atoms with E-state index in [1.807, 2.05) is 6.92 Å². The Morgan fingerprint density at radius 3 is 2.86 bits per heavy atom. The number of rotatable bonds is 3. The Morgan fingerprint density at radius 2 is 2.05 bits per heavy atom. The number of anilines is 2. The molecule has 4 heteroatoms. The summed E-state index contributed by atoms with van der Waals surface area (Å²) in [5, 5.41) is 5.42. The molecular formula is C17H17N3O. The first-order valence-electron chi connectivity index (χ1n) is 9.08. The Hall–Kier alpha value is -2.75. The lowest BCUT2D eigenvalue weighted by Gasteiger charge is -2.07. The van der Waals surface area contributed by atoms with E-state index in [-0.39, 0.29) is 40.8 Å². The SMILES string of the molecule is [2H]c1cc(NC(=O)Nc2c[nH]c3c([2H])c([2H])c([2H])c([2H])c23)ccc1CC. The van der Waals surface area contributed by atoms with E-state index in [0.717, 1.165) is 12.0 Å². The van der Waals surface area contributed by atoms with E-state index < -0.39 is 6.03 Å². The molecule has 3 N–H and O–H groups in total. The third-order valence-electron chi connectivity index (χ3n) is 3.08. The fraction of sp³-hybridized carbons (Fsp3) is 0.118. The van der Waals surface area contributed by atoms with Crippen molar-refractivity contribution in [2.24, 2.45) is 0 Å². The van der Waals surface area contributed by atoms with Gasteiger partial charge in [-0.25, -0.2) is 4.79 Å². The minimum absolute atomic E-state index is 0.191. The molecule has 0 saturated carbocycles. The third-order valence-corrected chi connectivity index (χ3v) is 3.08. The molecule has 1 aromatic heterocycles. The van der Waals surface area contributed by atoms with E-state index in [4.69, 9.17) is 6.85 Å². The van der Waals surface area contributed by atoms with E-state index in [1.165, 1.54) is 6.20 Å². The monoisotopic (exact) mass is 284 g/mol. The fourth-order valence-electron chi connectivity index (χ4n) is 1.98. The minimum Gasteiger partial charge on any atom is -0.359 e. The number of nitrogens with one attached hydrogen (secondary N) is 3. The molecule has 0 unspecified atom stereocenters. The van der Waals surface area contributed by atoms with E-state index in [2.05, 4.69) is 15.6 Å². The number of benzene rings is 2. The van der Waals surface area contributed by atoms with Gasteiger partial charge in [0.1, 0.15) is 0 Å². The molecule has 0 radical (unpaired) electrons. The number of hydrogen-bond donors (Lipinski definition) is 3. The standard InChI is InChI=1S/C17H17N3O/c1-2-12-7-9-13(10-8-12)19-17(21)20-16-11-18-15-6-4-3-5-14(15)16/h3-11,18H,2H2,1H3,(H2,19,20,21)/i3D,4D,5D,6D,7D. The molecule has 106 valence electrons. The van der Waals surface area contributed by atoms with E-state index in [9.17, 15) is 4.79 Å². The summed E-state index contributed by atoms with van der Waals surface area (Å²) in [6.45, 7) is 1.95. The zero-order valence-electron chi connectivity index (χ0n) is 16.4. The second kappa shape index (κ2) is 5.71. The lowest BCUT2D eigenvalue weighted by Crippen LogP contribution is -2.19. The van der Waals surface area contributed by atoms with Gasteiger partial charge in [0.2, 0.25) is 0 Å². The average molecular weight is 284 g/mol. The van der Waals surface area contributed by atoms with Gasteiger partial charge in [0, 0.05) is 22.8 Å². The number of aromatic nitrogens is 1. The molecule has 2 aromatic carbocycles. The molecule has 3 aromatic rings. The Bertz CT molecular complexity index is 1020. The number of aromatic amines is 1. The minimum atomic E-state index is -0.568. The zero-order valence-corrected chi connectivity index (χ0v) is 11.4. The van der Waals surface area contributed by atoms with Crippen LogP contribution in [0.2, 0.25) is 0 Å². The molecule has 0 fully saturated rings. The number of fused-ring (bicyclic) bond motifs is 1. The van der Waals surface area contributed by atoms with E-state index in [0.29, 0.717) is 11.7 Å². The molecule has 0 bridgehead atoms. The maximum atomic E-state index is 12.2. The lowest BCUT2D eigenvalue weighted by atomic mass is 10.1. The third kappa shape index (κ3) is 2.89. The number of para-hydroxylation sites is 1. The van der Waals surface area contributed by atoms with Crippen molar-refractivity contribution in [3.8, 4) is 0 Å². The maximum absolute atomic E-state index is 12.2. The van der Waals surface area contributed by atoms with Crippen LogP contribution in [-0.2, 0) is 6.42 Å². The smallest absolute Gasteiger partial charge is 0.323 e. The number of amides is 2. The van der Waals surface area contributed by atoms with Crippen LogP contribution < -0.4 is 10.6 Å². The fourth-order valence-corrected chi connectivity index (χ4v) is 1.98. The molecule has 1 heterocycles. The van der Waals surface area contributed by atoms with Gasteiger partial charge in [-0.2, -0.15) is 0 Å². The molecule has 3 rings (SSSR count). The average Bonchev–Trinajstić information content (AvgIpc) is 3.01. The summed E-state index contributed by atoms with van der Waals surface area (Å²) in [5.41, 5.74) is 1.82. The van der Waals surface area contributed by atoms with Crippen molar-refractivity contribution in [1.29, 1.82) is 0 Å². The van der Waals surface area contributed by atoms with Crippen LogP contribution in [0.15, 0.2) is 54.6 Å². The van der Waals surface area contributed by atoms with Gasteiger partial charge in [0.05, 0.1) is 12.5 Å². The molecule has 0 atom stereocenters. The molecule has 0 spiro atoms. The summed E-state index contributed by atoms with van der Waals surface area (Å²) in [5.74, 6) is 0. The summed E-state index contributed by atoms with van der Waals surface area (Å²) in [6.07, 6.45) is 2.16. The molecule has 4 nitrogen and oxygen atoms in total. The normalized spacial score (nSPS) is 13.9. The molecule has 0 aliphatic carbocycles. The largest absolute Gasteiger partial charge is 0.359 e. The number of hydrogen-bond acceptors (Lipinski definition) is 1. The second-order valence-electron chi connectivity index (χ2n) is 4.49. The molecular weight excluding hydrogens is 262 g/mol. The van der Waals surface area contributed by atoms with Gasteiger partial charge in [-0.15, -0.1) is 0 Å². The first-order valence-corrected chi connectivity index (χ1v) is 6.58. The van der Waals surface area contributed by atoms with Gasteiger partial charge < -0.3 is 15.6 Å². The quantitative estimate of drug-likeness (QED) is 0.657. The molecule has 21 heavy (non-hydrogen) atoms. The first kappa shape index (κ1) is 8.52. The van der Waals surface area contributed by atoms with Crippen molar-refractivity contribution >= 4 is 28.3 Å². The number of H-pyrrole nitrogens is 1. The Morgan fingerprint density at radius 1 is 1.19 bits per heavy atom. The summed E-state index contributed by atoms with van der Waals surface area (Å²) in [6, 6.07) is 3.70. The lowest BCUT2D eigenvalue weighted by molar-refractivity contribution is 0.262. The molecule has 0 aliphatic heterocycles. The van der Waals surface area contributed by atoms with Gasteiger partial charge in [0.25, 0.3) is 0 Å². The van der Waals surface area contributed by atoms with E-state index in [1.54, 1.807) is 18.2 Å². The van der Waals surface area contributed by atoms with E-state index >= 15 is 0 Å². The second-order valence-corrected chi connectivity index (χ2v) is 4.49. The molecule has 0 aliphatic rings. The van der Waals surface area contributed by atoms with Crippen LogP contribution in [0.3, 0.4) is 0 Å². The van der Waals surface area contributed by atoms with Crippen molar-refractivity contribution in [2.75, 3.05) is 10.6 Å². The van der Waals surface area contributed by atoms with Crippen LogP contribution in [0.1, 0.15) is 19.3 Å². The highest BCUT2D eigenvalue weighted by atomic mass is 16.2. The number of carbonyl (C=O) groups is 1. The summed E-state index contributed by atoms with van der Waals surface area (Å²) in [7, 11) is 0. The van der Waals surface area contributed by atoms with Crippen LogP contribution in [0.4, 0.5) is 16.2 Å². The maximum Gasteiger partial charge on any atom is 0.323 e. The highest BCUT2D eigenvalue weighted by molar-refractivity contribution is 6.05. The van der Waals surface area contributed by atoms with Crippen molar-refractivity contribution in [3.05, 3.63) is 60.2 Å². The van der Waals surface area contributed by atoms with Crippen molar-refractivity contribution in [2.45, 2.75) is 13.3 Å². The first-order chi connectivity index (χ1) is 12.3. The molecule has 0 saturated heterocycles. The van der Waals surface area contributed by atoms with Gasteiger partial charge in [-0.05, 0) is 30.2 Å². The molecule has 2 amide bonds. The van der Waals surface area contributed by atoms with Crippen molar-refractivity contribution in [3.63, 3.8) is 0 Å². The zero-order chi connectivity index (χ0) is 19.0. The Balaban J connectivity index is 1.87. The predicted octanol–water partition coefficient (Wildman–Crippen LogP) is 4.37. The summed E-state index contributed by atoms with van der Waals surface area (Å²) >= 11 is 0. The number of aryl methyl sites for hydroxylation is 1. The predicted molar refractivity (Wildman–Crippen MR) is 86.8 cm³/mol. The van der Waals surface area contributed by atoms with Crippen LogP contribution in [0.25, 0.3) is 10.9 Å². The van der Waals surface area contributed by atoms with Gasteiger partial charge in [-0.1, -0.05) is 37.2 Å². The summed E-state index contributed by atoms with van der Waals surface area (Å²) in [4.78, 5) is 15.0. The van der Waals surface area contributed by atoms with Crippen molar-refractivity contribution in [1.82, 2.24) is 4.98 Å². The van der Waals surface area contributed by atoms with Crippen LogP contribution in [0, 0.1) is 0 Å². The van der Waals surface area contributed by atoms with Gasteiger partial charge >= 0.3 is 6.03 Å². The topological polar surface area (TPSA) is 56.9 Å². The van der Waals surface area contributed by atoms with Crippen LogP contribution >= 0.6 is 0 Å². The van der Waals surface area contributed by atoms with Gasteiger partial charge in [-0.3, -0.25) is 0 Å². The van der Waals surface area contributed by atoms with Crippen molar-refractivity contribution < 1.29 is 11.6 Å².